The van der Waals surface area contributed by atoms with Crippen LogP contribution in [0.3, 0.4) is 0 Å². The molecule has 2 saturated carbocycles. The Labute approximate surface area is 170 Å². The molecule has 4 rings (SSSR count). The van der Waals surface area contributed by atoms with Crippen molar-refractivity contribution in [1.82, 2.24) is 30.8 Å². The molecule has 2 aromatic heterocycles. The molecule has 2 aliphatic carbocycles. The number of H-pyrrole nitrogens is 2. The van der Waals surface area contributed by atoms with E-state index in [9.17, 15) is 9.59 Å². The number of aromatic nitrogens is 4. The third kappa shape index (κ3) is 4.52. The van der Waals surface area contributed by atoms with Crippen molar-refractivity contribution >= 4 is 16.9 Å². The zero-order valence-corrected chi connectivity index (χ0v) is 17.4. The normalized spacial score (nSPS) is 22.7. The van der Waals surface area contributed by atoms with E-state index in [-0.39, 0.29) is 29.3 Å². The van der Waals surface area contributed by atoms with Gasteiger partial charge in [0.15, 0.2) is 5.52 Å². The molecular formula is C21H32N6O2. The van der Waals surface area contributed by atoms with E-state index in [2.05, 4.69) is 39.7 Å². The maximum Gasteiger partial charge on any atom is 0.279 e. The molecule has 0 spiro atoms. The highest BCUT2D eigenvalue weighted by molar-refractivity contribution is 5.78. The summed E-state index contributed by atoms with van der Waals surface area (Å²) in [6, 6.07) is 0.642. The molecule has 0 bridgehead atoms. The summed E-state index contributed by atoms with van der Waals surface area (Å²) in [4.78, 5) is 32.5. The van der Waals surface area contributed by atoms with Crippen molar-refractivity contribution in [2.24, 2.45) is 5.92 Å². The molecule has 0 aromatic carbocycles. The highest BCUT2D eigenvalue weighted by atomic mass is 16.2. The van der Waals surface area contributed by atoms with Crippen LogP contribution in [0.5, 0.6) is 0 Å². The zero-order chi connectivity index (χ0) is 20.4. The Balaban J connectivity index is 1.45. The van der Waals surface area contributed by atoms with E-state index in [4.69, 9.17) is 4.98 Å². The molecule has 158 valence electrons. The minimum Gasteiger partial charge on any atom is -0.352 e. The second kappa shape index (κ2) is 8.65. The first kappa shape index (κ1) is 20.1. The molecule has 0 unspecified atom stereocenters. The number of rotatable bonds is 7. The van der Waals surface area contributed by atoms with Crippen LogP contribution in [-0.2, 0) is 11.2 Å². The molecule has 1 amide bonds. The minimum absolute atomic E-state index is 0.0719. The fourth-order valence-corrected chi connectivity index (χ4v) is 4.47. The predicted octanol–water partition coefficient (Wildman–Crippen LogP) is 2.13. The van der Waals surface area contributed by atoms with E-state index in [0.29, 0.717) is 35.9 Å². The summed E-state index contributed by atoms with van der Waals surface area (Å²) >= 11 is 0. The van der Waals surface area contributed by atoms with Crippen molar-refractivity contribution in [2.45, 2.75) is 83.2 Å². The van der Waals surface area contributed by atoms with Crippen LogP contribution in [0, 0.1) is 5.92 Å². The molecule has 2 fully saturated rings. The lowest BCUT2D eigenvalue weighted by Gasteiger charge is -2.32. The van der Waals surface area contributed by atoms with Gasteiger partial charge in [0.1, 0.15) is 11.3 Å². The number of carbonyl (C=O) groups excluding carboxylic acids is 1. The summed E-state index contributed by atoms with van der Waals surface area (Å²) in [5.74, 6) is 1.26. The average molecular weight is 401 g/mol. The van der Waals surface area contributed by atoms with Gasteiger partial charge in [0.2, 0.25) is 5.91 Å². The highest BCUT2D eigenvalue weighted by Gasteiger charge is 2.28. The third-order valence-electron chi connectivity index (χ3n) is 6.43. The van der Waals surface area contributed by atoms with Crippen LogP contribution in [0.1, 0.15) is 76.2 Å². The standard InChI is InChI=1S/C21H32N6O2/c1-12(2)18-19-20(27-26-18)21(29)25-16(24-19)10-13-6-3-4-9-15(13)23-17(28)11-22-14-7-5-8-14/h12-15,22H,3-11H2,1-2H3,(H,23,28)(H,26,27)(H,24,25,29)/t13-,15+/m0/s1. The van der Waals surface area contributed by atoms with Crippen LogP contribution in [0.4, 0.5) is 0 Å². The Bertz CT molecular complexity index is 914. The molecule has 8 nitrogen and oxygen atoms in total. The first-order valence-electron chi connectivity index (χ1n) is 11.0. The Kier molecular flexibility index (Phi) is 5.99. The monoisotopic (exact) mass is 400 g/mol. The third-order valence-corrected chi connectivity index (χ3v) is 6.43. The van der Waals surface area contributed by atoms with Crippen LogP contribution in [0.2, 0.25) is 0 Å². The SMILES string of the molecule is CC(C)c1[nH]nc2c(=O)[nH]c(C[C@@H]3CCCC[C@H]3NC(=O)CNC3CCC3)nc12. The van der Waals surface area contributed by atoms with Gasteiger partial charge in [0.05, 0.1) is 12.2 Å². The lowest BCUT2D eigenvalue weighted by atomic mass is 9.82. The molecular weight excluding hydrogens is 368 g/mol. The summed E-state index contributed by atoms with van der Waals surface area (Å²) in [5, 5.41) is 13.7. The number of carbonyl (C=O) groups is 1. The molecule has 2 heterocycles. The number of hydrogen-bond acceptors (Lipinski definition) is 5. The Morgan fingerprint density at radius 1 is 1.14 bits per heavy atom. The zero-order valence-electron chi connectivity index (χ0n) is 17.4. The summed E-state index contributed by atoms with van der Waals surface area (Å²) in [5.41, 5.74) is 1.73. The largest absolute Gasteiger partial charge is 0.352 e. The lowest BCUT2D eigenvalue weighted by molar-refractivity contribution is -0.121. The van der Waals surface area contributed by atoms with Crippen molar-refractivity contribution in [3.05, 3.63) is 21.9 Å². The number of aromatic amines is 2. The molecule has 0 radical (unpaired) electrons. The average Bonchev–Trinajstić information content (AvgIpc) is 3.07. The second-order valence-electron chi connectivity index (χ2n) is 8.93. The van der Waals surface area contributed by atoms with Gasteiger partial charge in [-0.2, -0.15) is 5.10 Å². The summed E-state index contributed by atoms with van der Waals surface area (Å²) in [7, 11) is 0. The molecule has 29 heavy (non-hydrogen) atoms. The van der Waals surface area contributed by atoms with E-state index in [1.54, 1.807) is 0 Å². The summed E-state index contributed by atoms with van der Waals surface area (Å²) in [6.07, 6.45) is 8.55. The number of hydrogen-bond donors (Lipinski definition) is 4. The van der Waals surface area contributed by atoms with Gasteiger partial charge in [-0.25, -0.2) is 4.98 Å². The predicted molar refractivity (Wildman–Crippen MR) is 112 cm³/mol. The first-order chi connectivity index (χ1) is 14.0. The number of amides is 1. The molecule has 2 atom stereocenters. The first-order valence-corrected chi connectivity index (χ1v) is 11.0. The number of fused-ring (bicyclic) bond motifs is 1. The van der Waals surface area contributed by atoms with E-state index < -0.39 is 0 Å². The minimum atomic E-state index is -0.200. The van der Waals surface area contributed by atoms with Crippen LogP contribution < -0.4 is 16.2 Å². The molecule has 0 saturated heterocycles. The van der Waals surface area contributed by atoms with Crippen molar-refractivity contribution < 1.29 is 4.79 Å². The number of nitrogens with one attached hydrogen (secondary N) is 4. The smallest absolute Gasteiger partial charge is 0.279 e. The van der Waals surface area contributed by atoms with Crippen molar-refractivity contribution in [3.8, 4) is 0 Å². The van der Waals surface area contributed by atoms with Gasteiger partial charge in [-0.05, 0) is 37.5 Å². The van der Waals surface area contributed by atoms with Gasteiger partial charge in [-0.1, -0.05) is 33.1 Å². The van der Waals surface area contributed by atoms with Crippen molar-refractivity contribution in [2.75, 3.05) is 6.54 Å². The molecule has 2 aliphatic rings. The van der Waals surface area contributed by atoms with Crippen LogP contribution in [0.15, 0.2) is 4.79 Å². The summed E-state index contributed by atoms with van der Waals surface area (Å²) in [6.45, 7) is 4.50. The Hall–Kier alpha value is -2.22. The van der Waals surface area contributed by atoms with Gasteiger partial charge in [0, 0.05) is 18.5 Å². The van der Waals surface area contributed by atoms with Crippen molar-refractivity contribution in [3.63, 3.8) is 0 Å². The highest BCUT2D eigenvalue weighted by Crippen LogP contribution is 2.27. The van der Waals surface area contributed by atoms with Gasteiger partial charge >= 0.3 is 0 Å². The van der Waals surface area contributed by atoms with Crippen LogP contribution in [0.25, 0.3) is 11.0 Å². The Morgan fingerprint density at radius 3 is 2.66 bits per heavy atom. The van der Waals surface area contributed by atoms with Gasteiger partial charge in [-0.15, -0.1) is 0 Å². The van der Waals surface area contributed by atoms with Gasteiger partial charge < -0.3 is 15.6 Å². The summed E-state index contributed by atoms with van der Waals surface area (Å²) < 4.78 is 0. The topological polar surface area (TPSA) is 116 Å². The Morgan fingerprint density at radius 2 is 1.93 bits per heavy atom. The van der Waals surface area contributed by atoms with Gasteiger partial charge in [-0.3, -0.25) is 14.7 Å². The van der Waals surface area contributed by atoms with E-state index in [0.717, 1.165) is 31.4 Å². The molecule has 2 aromatic rings. The van der Waals surface area contributed by atoms with Gasteiger partial charge in [0.25, 0.3) is 5.56 Å². The molecule has 8 heteroatoms. The fourth-order valence-electron chi connectivity index (χ4n) is 4.47. The van der Waals surface area contributed by atoms with Crippen molar-refractivity contribution in [1.29, 1.82) is 0 Å². The maximum absolute atomic E-state index is 12.5. The quantitative estimate of drug-likeness (QED) is 0.568. The molecule has 0 aliphatic heterocycles. The number of nitrogens with zero attached hydrogens (tertiary/aromatic N) is 2. The molecule has 4 N–H and O–H groups in total. The van der Waals surface area contributed by atoms with Crippen LogP contribution >= 0.6 is 0 Å². The van der Waals surface area contributed by atoms with E-state index in [1.807, 2.05) is 0 Å². The van der Waals surface area contributed by atoms with Crippen LogP contribution in [-0.4, -0.2) is 44.7 Å². The second-order valence-corrected chi connectivity index (χ2v) is 8.93. The lowest BCUT2D eigenvalue weighted by Crippen LogP contribution is -2.48. The fraction of sp³-hybridized carbons (Fsp3) is 0.714. The maximum atomic E-state index is 12.5. The van der Waals surface area contributed by atoms with E-state index >= 15 is 0 Å². The van der Waals surface area contributed by atoms with E-state index in [1.165, 1.54) is 19.3 Å².